The number of phosphoric ester groups is 1. The predicted molar refractivity (Wildman–Crippen MR) is 223 cm³/mol. The Morgan fingerprint density at radius 2 is 0.855 bits per heavy atom. The molecule has 0 spiro atoms. The molecule has 55 heavy (non-hydrogen) atoms. The minimum Gasteiger partial charge on any atom is -0.457 e. The van der Waals surface area contributed by atoms with Gasteiger partial charge in [-0.3, -0.25) is 18.6 Å². The van der Waals surface area contributed by atoms with Crippen molar-refractivity contribution in [2.45, 2.75) is 167 Å². The van der Waals surface area contributed by atoms with Crippen LogP contribution in [0.25, 0.3) is 0 Å². The van der Waals surface area contributed by atoms with E-state index in [0.29, 0.717) is 12.8 Å². The van der Waals surface area contributed by atoms with E-state index in [-0.39, 0.29) is 12.8 Å². The molecule has 0 aliphatic rings. The summed E-state index contributed by atoms with van der Waals surface area (Å²) in [4.78, 5) is 34.5. The van der Waals surface area contributed by atoms with Crippen LogP contribution >= 0.6 is 7.82 Å². The first-order valence-electron chi connectivity index (χ1n) is 20.9. The molecule has 11 heteroatoms. The molecule has 316 valence electrons. The quantitative estimate of drug-likeness (QED) is 0.0239. The van der Waals surface area contributed by atoms with Crippen LogP contribution in [0.5, 0.6) is 0 Å². The monoisotopic (exact) mass is 795 g/mol. The molecule has 0 aromatic rings. The Kier molecular flexibility index (Phi) is 37.8. The summed E-state index contributed by atoms with van der Waals surface area (Å²) in [7, 11) is -4.65. The number of ether oxygens (including phenoxy) is 2. The molecular weight excluding hydrogens is 719 g/mol. The van der Waals surface area contributed by atoms with E-state index in [1.807, 2.05) is 0 Å². The molecule has 0 rings (SSSR count). The van der Waals surface area contributed by atoms with Crippen molar-refractivity contribution in [3.63, 3.8) is 0 Å². The van der Waals surface area contributed by atoms with Crippen molar-refractivity contribution in [2.24, 2.45) is 0 Å². The van der Waals surface area contributed by atoms with Crippen molar-refractivity contribution in [2.75, 3.05) is 26.4 Å². The molecular formula is C44H75O10P. The van der Waals surface area contributed by atoms with Gasteiger partial charge in [0.15, 0.2) is 0 Å². The highest BCUT2D eigenvalue weighted by Gasteiger charge is 2.27. The number of phosphoric acid groups is 1. The zero-order chi connectivity index (χ0) is 40.5. The lowest BCUT2D eigenvalue weighted by Crippen LogP contribution is -2.28. The van der Waals surface area contributed by atoms with Gasteiger partial charge in [-0.2, -0.15) is 0 Å². The number of carbonyl (C=O) groups excluding carboxylic acids is 2. The Balaban J connectivity index is 4.02. The molecule has 0 aromatic carbocycles. The molecule has 0 saturated carbocycles. The first-order chi connectivity index (χ1) is 26.8. The minimum absolute atomic E-state index is 0.136. The molecule has 0 aliphatic heterocycles. The lowest BCUT2D eigenvalue weighted by atomic mass is 10.1. The van der Waals surface area contributed by atoms with Crippen LogP contribution in [-0.2, 0) is 32.7 Å². The lowest BCUT2D eigenvalue weighted by Gasteiger charge is -2.20. The summed E-state index contributed by atoms with van der Waals surface area (Å²) in [6.45, 7) is 1.99. The van der Waals surface area contributed by atoms with Crippen molar-refractivity contribution in [3.8, 4) is 0 Å². The van der Waals surface area contributed by atoms with Gasteiger partial charge in [0.05, 0.1) is 26.4 Å². The van der Waals surface area contributed by atoms with Crippen molar-refractivity contribution in [1.82, 2.24) is 0 Å². The molecule has 0 aliphatic carbocycles. The summed E-state index contributed by atoms with van der Waals surface area (Å²) < 4.78 is 32.5. The number of carbonyl (C=O) groups is 2. The number of unbranched alkanes of at least 4 members (excludes halogenated alkanes) is 12. The minimum atomic E-state index is -4.65. The van der Waals surface area contributed by atoms with E-state index >= 15 is 0 Å². The van der Waals surface area contributed by atoms with Crippen LogP contribution in [0.2, 0.25) is 0 Å². The number of rotatable bonds is 38. The van der Waals surface area contributed by atoms with Crippen molar-refractivity contribution < 1.29 is 47.8 Å². The smallest absolute Gasteiger partial charge is 0.457 e. The zero-order valence-electron chi connectivity index (χ0n) is 34.1. The third kappa shape index (κ3) is 38.1. The maximum atomic E-state index is 12.3. The fourth-order valence-corrected chi connectivity index (χ4v) is 5.98. The molecule has 0 amide bonds. The second-order valence-corrected chi connectivity index (χ2v) is 15.0. The number of hydrogen-bond donors (Lipinski definition) is 3. The highest BCUT2D eigenvalue weighted by molar-refractivity contribution is 7.47. The van der Waals surface area contributed by atoms with Gasteiger partial charge in [-0.05, 0) is 83.5 Å². The number of allylic oxidation sites excluding steroid dienone is 12. The van der Waals surface area contributed by atoms with Gasteiger partial charge < -0.3 is 24.6 Å². The third-order valence-corrected chi connectivity index (χ3v) is 9.35. The van der Waals surface area contributed by atoms with Crippen LogP contribution in [-0.4, -0.2) is 65.7 Å². The number of hydrogen-bond acceptors (Lipinski definition) is 9. The van der Waals surface area contributed by atoms with E-state index in [1.165, 1.54) is 38.5 Å². The van der Waals surface area contributed by atoms with Gasteiger partial charge in [-0.1, -0.05) is 132 Å². The largest absolute Gasteiger partial charge is 0.472 e. The number of esters is 2. The standard InChI is InChI=1S/C44H75O10P/c1-3-5-7-9-11-13-15-17-19-20-22-24-26-28-30-32-34-36-44(48)54-42(38-46)40-52-55(49,50)51-39-41(37-45)53-43(47)35-33-31-29-27-25-23-21-18-16-14-12-10-8-6-4-2/h6,8,11-14,17-19,21,25,27,41-42,45-46H,3-5,7,9-10,15-16,20,22-24,26,28-40H2,1-2H3,(H,49,50)/b8-6-,13-11-,14-12-,19-17-,21-18-,27-25-. The van der Waals surface area contributed by atoms with E-state index in [2.05, 4.69) is 86.8 Å². The number of aliphatic hydroxyl groups is 2. The first-order valence-corrected chi connectivity index (χ1v) is 22.4. The second-order valence-electron chi connectivity index (χ2n) is 13.6. The Bertz CT molecular complexity index is 1140. The fourth-order valence-electron chi connectivity index (χ4n) is 5.19. The van der Waals surface area contributed by atoms with E-state index in [4.69, 9.17) is 18.5 Å². The molecule has 0 heterocycles. The summed E-state index contributed by atoms with van der Waals surface area (Å²) in [5.41, 5.74) is 0. The van der Waals surface area contributed by atoms with Crippen LogP contribution in [0.1, 0.15) is 155 Å². The molecule has 0 saturated heterocycles. The predicted octanol–water partition coefficient (Wildman–Crippen LogP) is 10.9. The number of aliphatic hydroxyl groups excluding tert-OH is 2. The first kappa shape index (κ1) is 52.4. The molecule has 3 atom stereocenters. The fraction of sp³-hybridized carbons (Fsp3) is 0.682. The van der Waals surface area contributed by atoms with Gasteiger partial charge in [0.25, 0.3) is 0 Å². The lowest BCUT2D eigenvalue weighted by molar-refractivity contribution is -0.153. The zero-order valence-corrected chi connectivity index (χ0v) is 35.0. The highest BCUT2D eigenvalue weighted by Crippen LogP contribution is 2.43. The van der Waals surface area contributed by atoms with Gasteiger partial charge >= 0.3 is 19.8 Å². The Hall–Kier alpha value is -2.59. The van der Waals surface area contributed by atoms with Gasteiger partial charge in [-0.15, -0.1) is 0 Å². The van der Waals surface area contributed by atoms with Gasteiger partial charge in [0.2, 0.25) is 0 Å². The molecule has 3 unspecified atom stereocenters. The van der Waals surface area contributed by atoms with E-state index < -0.39 is 58.4 Å². The van der Waals surface area contributed by atoms with Crippen molar-refractivity contribution in [3.05, 3.63) is 72.9 Å². The Morgan fingerprint density at radius 1 is 0.509 bits per heavy atom. The third-order valence-electron chi connectivity index (χ3n) is 8.40. The van der Waals surface area contributed by atoms with Crippen LogP contribution in [0.4, 0.5) is 0 Å². The summed E-state index contributed by atoms with van der Waals surface area (Å²) in [5.74, 6) is -1.08. The van der Waals surface area contributed by atoms with Gasteiger partial charge in [0, 0.05) is 12.8 Å². The summed E-state index contributed by atoms with van der Waals surface area (Å²) in [6.07, 6.45) is 44.5. The van der Waals surface area contributed by atoms with Crippen LogP contribution < -0.4 is 0 Å². The maximum absolute atomic E-state index is 12.3. The van der Waals surface area contributed by atoms with Crippen LogP contribution in [0, 0.1) is 0 Å². The Labute approximate surface area is 333 Å². The molecule has 0 radical (unpaired) electrons. The second kappa shape index (κ2) is 39.6. The summed E-state index contributed by atoms with van der Waals surface area (Å²) >= 11 is 0. The van der Waals surface area contributed by atoms with E-state index in [0.717, 1.165) is 77.0 Å². The maximum Gasteiger partial charge on any atom is 0.472 e. The molecule has 0 bridgehead atoms. The normalized spacial score (nSPS) is 14.6. The summed E-state index contributed by atoms with van der Waals surface area (Å²) in [6, 6.07) is 0. The van der Waals surface area contributed by atoms with E-state index in [9.17, 15) is 29.3 Å². The van der Waals surface area contributed by atoms with Crippen molar-refractivity contribution >= 4 is 19.8 Å². The topological polar surface area (TPSA) is 149 Å². The highest BCUT2D eigenvalue weighted by atomic mass is 31.2. The van der Waals surface area contributed by atoms with Crippen molar-refractivity contribution in [1.29, 1.82) is 0 Å². The van der Waals surface area contributed by atoms with E-state index in [1.54, 1.807) is 0 Å². The summed E-state index contributed by atoms with van der Waals surface area (Å²) in [5, 5.41) is 19.1. The SMILES string of the molecule is CC/C=C\C/C=C\C/C=C\C/C=C\CCCCC(=O)OC(CO)COP(=O)(O)OCC(CO)OC(=O)CCCCCCCCC/C=C\C/C=C\CCCCC. The van der Waals surface area contributed by atoms with Gasteiger partial charge in [-0.25, -0.2) is 4.57 Å². The van der Waals surface area contributed by atoms with Gasteiger partial charge in [0.1, 0.15) is 12.2 Å². The Morgan fingerprint density at radius 3 is 1.27 bits per heavy atom. The van der Waals surface area contributed by atoms with Crippen LogP contribution in [0.15, 0.2) is 72.9 Å². The average Bonchev–Trinajstić information content (AvgIpc) is 3.17. The van der Waals surface area contributed by atoms with Crippen LogP contribution in [0.3, 0.4) is 0 Å². The molecule has 0 fully saturated rings. The molecule has 3 N–H and O–H groups in total. The average molecular weight is 795 g/mol. The molecule has 0 aromatic heterocycles. The molecule has 10 nitrogen and oxygen atoms in total.